The maximum Gasteiger partial charge on any atom is 0.249 e. The zero-order chi connectivity index (χ0) is 23.1. The van der Waals surface area contributed by atoms with Gasteiger partial charge in [-0.3, -0.25) is 9.48 Å². The summed E-state index contributed by atoms with van der Waals surface area (Å²) in [6.45, 7) is 1.07. The fraction of sp³-hybridized carbons (Fsp3) is 0.391. The molecule has 8 nitrogen and oxygen atoms in total. The number of nitrogens with zero attached hydrogens (tertiary/aromatic N) is 6. The van der Waals surface area contributed by atoms with E-state index in [4.69, 9.17) is 9.72 Å². The van der Waals surface area contributed by atoms with Crippen LogP contribution in [0.25, 0.3) is 0 Å². The number of hydrogen-bond donors (Lipinski definition) is 0. The molecule has 0 aliphatic carbocycles. The molecule has 10 heteroatoms. The molecule has 0 saturated carbocycles. The van der Waals surface area contributed by atoms with Crippen molar-refractivity contribution in [2.75, 3.05) is 30.5 Å². The molecule has 1 aromatic carbocycles. The van der Waals surface area contributed by atoms with Crippen LogP contribution >= 0.6 is 0 Å². The topological polar surface area (TPSA) is 76.4 Å². The standard InChI is InChI=1S/C23H24F2N6O2/c1-29-19-11-26-20(28-22(19)31-7-3-4-18(31)23(29)32)6-5-14-10-27-30(12-14)13-15-8-16(24)21(33-2)17(25)9-15/h8-12,18H,3-7,13H2,1-2H3/t18-/m0/s1. The van der Waals surface area contributed by atoms with Crippen molar-refractivity contribution in [3.05, 3.63) is 59.3 Å². The third-order valence-electron chi connectivity index (χ3n) is 6.23. The Kier molecular flexibility index (Phi) is 5.43. The second-order valence-electron chi connectivity index (χ2n) is 8.38. The summed E-state index contributed by atoms with van der Waals surface area (Å²) in [5.74, 6) is -0.242. The lowest BCUT2D eigenvalue weighted by Gasteiger charge is -2.36. The van der Waals surface area contributed by atoms with E-state index in [1.54, 1.807) is 29.0 Å². The van der Waals surface area contributed by atoms with E-state index in [0.717, 1.165) is 36.5 Å². The first kappa shape index (κ1) is 21.3. The van der Waals surface area contributed by atoms with Gasteiger partial charge in [0.1, 0.15) is 17.6 Å². The van der Waals surface area contributed by atoms with Crippen LogP contribution in [0.4, 0.5) is 20.3 Å². The van der Waals surface area contributed by atoms with Crippen molar-refractivity contribution in [3.63, 3.8) is 0 Å². The first-order valence-electron chi connectivity index (χ1n) is 10.9. The van der Waals surface area contributed by atoms with Gasteiger partial charge in [-0.15, -0.1) is 0 Å². The molecule has 33 heavy (non-hydrogen) atoms. The van der Waals surface area contributed by atoms with Gasteiger partial charge < -0.3 is 14.5 Å². The van der Waals surface area contributed by atoms with Gasteiger partial charge in [0, 0.05) is 26.2 Å². The summed E-state index contributed by atoms with van der Waals surface area (Å²) in [6.07, 6.45) is 8.41. The molecule has 0 spiro atoms. The molecule has 0 bridgehead atoms. The second kappa shape index (κ2) is 8.42. The number of halogens is 2. The lowest BCUT2D eigenvalue weighted by atomic mass is 10.1. The second-order valence-corrected chi connectivity index (χ2v) is 8.38. The molecule has 3 aromatic rings. The molecule has 5 rings (SSSR count). The van der Waals surface area contributed by atoms with Crippen LogP contribution in [-0.2, 0) is 24.2 Å². The van der Waals surface area contributed by atoms with Crippen LogP contribution < -0.4 is 14.5 Å². The number of likely N-dealkylation sites (N-methyl/N-ethyl adjacent to an activating group) is 1. The van der Waals surface area contributed by atoms with Gasteiger partial charge in [-0.25, -0.2) is 18.7 Å². The number of carbonyl (C=O) groups is 1. The number of aryl methyl sites for hydroxylation is 2. The number of fused-ring (bicyclic) bond motifs is 3. The Morgan fingerprint density at radius 3 is 2.70 bits per heavy atom. The molecule has 1 saturated heterocycles. The van der Waals surface area contributed by atoms with E-state index < -0.39 is 11.6 Å². The van der Waals surface area contributed by atoms with Gasteiger partial charge >= 0.3 is 0 Å². The molecular formula is C23H24F2N6O2. The van der Waals surface area contributed by atoms with Crippen molar-refractivity contribution in [1.82, 2.24) is 19.7 Å². The monoisotopic (exact) mass is 454 g/mol. The predicted molar refractivity (Wildman–Crippen MR) is 117 cm³/mol. The Bertz CT molecular complexity index is 1190. The fourth-order valence-corrected chi connectivity index (χ4v) is 4.55. The largest absolute Gasteiger partial charge is 0.491 e. The average molecular weight is 454 g/mol. The highest BCUT2D eigenvalue weighted by Gasteiger charge is 2.40. The van der Waals surface area contributed by atoms with Crippen molar-refractivity contribution in [2.45, 2.75) is 38.3 Å². The minimum atomic E-state index is -0.739. The molecule has 2 aliphatic heterocycles. The fourth-order valence-electron chi connectivity index (χ4n) is 4.55. The van der Waals surface area contributed by atoms with E-state index in [1.165, 1.54) is 19.2 Å². The molecule has 172 valence electrons. The number of methoxy groups -OCH3 is 1. The van der Waals surface area contributed by atoms with E-state index in [2.05, 4.69) is 15.0 Å². The highest BCUT2D eigenvalue weighted by atomic mass is 19.1. The van der Waals surface area contributed by atoms with Crippen LogP contribution in [-0.4, -0.2) is 52.4 Å². The number of aromatic nitrogens is 4. The number of anilines is 2. The third-order valence-corrected chi connectivity index (χ3v) is 6.23. The van der Waals surface area contributed by atoms with Crippen LogP contribution in [0.2, 0.25) is 0 Å². The quantitative estimate of drug-likeness (QED) is 0.570. The van der Waals surface area contributed by atoms with Gasteiger partial charge in [-0.05, 0) is 42.5 Å². The summed E-state index contributed by atoms with van der Waals surface area (Å²) in [6, 6.07) is 2.37. The van der Waals surface area contributed by atoms with Crippen molar-refractivity contribution in [1.29, 1.82) is 0 Å². The number of hydrogen-bond acceptors (Lipinski definition) is 6. The average Bonchev–Trinajstić information content (AvgIpc) is 3.46. The molecule has 1 atom stereocenters. The summed E-state index contributed by atoms with van der Waals surface area (Å²) < 4.78 is 34.2. The summed E-state index contributed by atoms with van der Waals surface area (Å²) >= 11 is 0. The molecule has 1 fully saturated rings. The maximum atomic E-state index is 13.9. The Balaban J connectivity index is 1.27. The van der Waals surface area contributed by atoms with Crippen LogP contribution in [0.1, 0.15) is 29.8 Å². The van der Waals surface area contributed by atoms with Crippen molar-refractivity contribution in [2.24, 2.45) is 0 Å². The first-order valence-corrected chi connectivity index (χ1v) is 10.9. The van der Waals surface area contributed by atoms with Crippen molar-refractivity contribution >= 4 is 17.4 Å². The summed E-state index contributed by atoms with van der Waals surface area (Å²) in [4.78, 5) is 25.5. The van der Waals surface area contributed by atoms with E-state index in [0.29, 0.717) is 24.2 Å². The van der Waals surface area contributed by atoms with Crippen molar-refractivity contribution in [3.8, 4) is 5.75 Å². The van der Waals surface area contributed by atoms with E-state index in [-0.39, 0.29) is 24.2 Å². The molecule has 0 radical (unpaired) electrons. The Hall–Kier alpha value is -3.56. The Morgan fingerprint density at radius 2 is 1.94 bits per heavy atom. The highest BCUT2D eigenvalue weighted by Crippen LogP contribution is 2.37. The molecule has 0 unspecified atom stereocenters. The predicted octanol–water partition coefficient (Wildman–Crippen LogP) is 2.74. The lowest BCUT2D eigenvalue weighted by molar-refractivity contribution is -0.119. The SMILES string of the molecule is COc1c(F)cc(Cn2cc(CCc3ncc4c(n3)N3CCC[C@H]3C(=O)N4C)cn2)cc1F. The van der Waals surface area contributed by atoms with Crippen LogP contribution in [0.3, 0.4) is 0 Å². The zero-order valence-electron chi connectivity index (χ0n) is 18.5. The lowest BCUT2D eigenvalue weighted by Crippen LogP contribution is -2.49. The summed E-state index contributed by atoms with van der Waals surface area (Å²) in [5, 5.41) is 4.31. The number of rotatable bonds is 6. The minimum Gasteiger partial charge on any atom is -0.491 e. The first-order chi connectivity index (χ1) is 15.9. The van der Waals surface area contributed by atoms with Gasteiger partial charge in [0.25, 0.3) is 0 Å². The molecule has 2 aromatic heterocycles. The normalized spacial score (nSPS) is 17.3. The van der Waals surface area contributed by atoms with E-state index in [9.17, 15) is 13.6 Å². The smallest absolute Gasteiger partial charge is 0.249 e. The maximum absolute atomic E-state index is 13.9. The van der Waals surface area contributed by atoms with Gasteiger partial charge in [0.15, 0.2) is 23.2 Å². The molecule has 0 N–H and O–H groups in total. The summed E-state index contributed by atoms with van der Waals surface area (Å²) in [5.41, 5.74) is 2.17. The molecule has 4 heterocycles. The molecular weight excluding hydrogens is 430 g/mol. The Morgan fingerprint density at radius 1 is 1.15 bits per heavy atom. The van der Waals surface area contributed by atoms with Gasteiger partial charge in [-0.1, -0.05) is 0 Å². The van der Waals surface area contributed by atoms with Gasteiger partial charge in [0.05, 0.1) is 26.0 Å². The number of carbonyl (C=O) groups excluding carboxylic acids is 1. The van der Waals surface area contributed by atoms with Gasteiger partial charge in [0.2, 0.25) is 5.91 Å². The van der Waals surface area contributed by atoms with Gasteiger partial charge in [-0.2, -0.15) is 5.10 Å². The zero-order valence-corrected chi connectivity index (χ0v) is 18.5. The van der Waals surface area contributed by atoms with E-state index >= 15 is 0 Å². The van der Waals surface area contributed by atoms with Crippen LogP contribution in [0, 0.1) is 11.6 Å². The highest BCUT2D eigenvalue weighted by molar-refractivity contribution is 6.04. The van der Waals surface area contributed by atoms with Crippen LogP contribution in [0.5, 0.6) is 5.75 Å². The van der Waals surface area contributed by atoms with Crippen molar-refractivity contribution < 1.29 is 18.3 Å². The van der Waals surface area contributed by atoms with E-state index in [1.807, 2.05) is 6.20 Å². The number of ether oxygens (including phenoxy) is 1. The number of amides is 1. The Labute approximate surface area is 189 Å². The van der Waals surface area contributed by atoms with Crippen LogP contribution in [0.15, 0.2) is 30.7 Å². The summed E-state index contributed by atoms with van der Waals surface area (Å²) in [7, 11) is 3.00. The third kappa shape index (κ3) is 3.90. The molecule has 2 aliphatic rings. The minimum absolute atomic E-state index is 0.0976. The molecule has 1 amide bonds. The number of benzene rings is 1.